The zero-order valence-electron chi connectivity index (χ0n) is 15.5. The SMILES string of the molecule is CN(C)c1ccc(NC(=O)Nc2cccc(F)c2)cc1C(=O)N1CCCC1. The number of hydrogen-bond acceptors (Lipinski definition) is 3. The normalized spacial score (nSPS) is 13.4. The number of hydrogen-bond donors (Lipinski definition) is 2. The molecule has 1 fully saturated rings. The van der Waals surface area contributed by atoms with Crippen molar-refractivity contribution in [2.24, 2.45) is 0 Å². The highest BCUT2D eigenvalue weighted by molar-refractivity contribution is 6.04. The van der Waals surface area contributed by atoms with Gasteiger partial charge in [0.05, 0.1) is 5.56 Å². The fourth-order valence-corrected chi connectivity index (χ4v) is 3.13. The zero-order chi connectivity index (χ0) is 19.4. The van der Waals surface area contributed by atoms with E-state index in [0.717, 1.165) is 31.6 Å². The lowest BCUT2D eigenvalue weighted by Gasteiger charge is -2.22. The molecule has 0 aliphatic carbocycles. The molecule has 1 aliphatic heterocycles. The van der Waals surface area contributed by atoms with Crippen LogP contribution in [-0.4, -0.2) is 44.0 Å². The fourth-order valence-electron chi connectivity index (χ4n) is 3.13. The third-order valence-corrected chi connectivity index (χ3v) is 4.44. The van der Waals surface area contributed by atoms with Gasteiger partial charge in [-0.05, 0) is 49.2 Å². The van der Waals surface area contributed by atoms with Gasteiger partial charge < -0.3 is 20.4 Å². The predicted octanol–water partition coefficient (Wildman–Crippen LogP) is 3.77. The molecule has 0 aromatic heterocycles. The summed E-state index contributed by atoms with van der Waals surface area (Å²) in [7, 11) is 3.75. The lowest BCUT2D eigenvalue weighted by atomic mass is 10.1. The first-order chi connectivity index (χ1) is 12.9. The van der Waals surface area contributed by atoms with E-state index in [1.165, 1.54) is 18.2 Å². The number of benzene rings is 2. The Labute approximate surface area is 158 Å². The molecule has 2 aromatic rings. The van der Waals surface area contributed by atoms with E-state index in [4.69, 9.17) is 0 Å². The molecule has 2 N–H and O–H groups in total. The van der Waals surface area contributed by atoms with Crippen LogP contribution in [0.5, 0.6) is 0 Å². The number of nitrogens with zero attached hydrogens (tertiary/aromatic N) is 2. The van der Waals surface area contributed by atoms with Crippen molar-refractivity contribution < 1.29 is 14.0 Å². The minimum Gasteiger partial charge on any atom is -0.377 e. The van der Waals surface area contributed by atoms with Gasteiger partial charge in [-0.2, -0.15) is 0 Å². The van der Waals surface area contributed by atoms with Gasteiger partial charge in [-0.3, -0.25) is 4.79 Å². The fraction of sp³-hybridized carbons (Fsp3) is 0.300. The first-order valence-electron chi connectivity index (χ1n) is 8.88. The maximum Gasteiger partial charge on any atom is 0.323 e. The second-order valence-electron chi connectivity index (χ2n) is 6.72. The number of nitrogens with one attached hydrogen (secondary N) is 2. The molecule has 142 valence electrons. The highest BCUT2D eigenvalue weighted by atomic mass is 19.1. The second-order valence-corrected chi connectivity index (χ2v) is 6.72. The van der Waals surface area contributed by atoms with E-state index in [0.29, 0.717) is 16.9 Å². The first kappa shape index (κ1) is 18.7. The Hall–Kier alpha value is -3.09. The number of amides is 3. The summed E-state index contributed by atoms with van der Waals surface area (Å²) >= 11 is 0. The van der Waals surface area contributed by atoms with Crippen molar-refractivity contribution in [3.05, 3.63) is 53.8 Å². The van der Waals surface area contributed by atoms with Crippen LogP contribution in [0.3, 0.4) is 0 Å². The summed E-state index contributed by atoms with van der Waals surface area (Å²) in [4.78, 5) is 28.8. The second kappa shape index (κ2) is 8.07. The highest BCUT2D eigenvalue weighted by Gasteiger charge is 2.23. The minimum atomic E-state index is -0.502. The number of halogens is 1. The Morgan fingerprint density at radius 2 is 1.67 bits per heavy atom. The average Bonchev–Trinajstić information content (AvgIpc) is 3.15. The molecule has 0 atom stereocenters. The third-order valence-electron chi connectivity index (χ3n) is 4.44. The molecular formula is C20H23FN4O2. The molecule has 1 saturated heterocycles. The molecule has 2 aromatic carbocycles. The summed E-state index contributed by atoms with van der Waals surface area (Å²) in [6.07, 6.45) is 2.02. The van der Waals surface area contributed by atoms with Gasteiger partial charge in [0.25, 0.3) is 5.91 Å². The summed E-state index contributed by atoms with van der Waals surface area (Å²) in [6, 6.07) is 10.4. The summed E-state index contributed by atoms with van der Waals surface area (Å²) in [5, 5.41) is 5.28. The van der Waals surface area contributed by atoms with Gasteiger partial charge in [0.1, 0.15) is 5.82 Å². The van der Waals surface area contributed by atoms with Crippen molar-refractivity contribution in [1.82, 2.24) is 4.90 Å². The molecule has 3 amide bonds. The number of likely N-dealkylation sites (tertiary alicyclic amines) is 1. The van der Waals surface area contributed by atoms with Crippen LogP contribution in [0, 0.1) is 5.82 Å². The van der Waals surface area contributed by atoms with E-state index in [1.807, 2.05) is 23.9 Å². The lowest BCUT2D eigenvalue weighted by Crippen LogP contribution is -2.29. The predicted molar refractivity (Wildman–Crippen MR) is 105 cm³/mol. The quantitative estimate of drug-likeness (QED) is 0.861. The maximum absolute atomic E-state index is 13.2. The van der Waals surface area contributed by atoms with Crippen molar-refractivity contribution in [3.8, 4) is 0 Å². The van der Waals surface area contributed by atoms with Gasteiger partial charge >= 0.3 is 6.03 Å². The molecule has 1 aliphatic rings. The summed E-state index contributed by atoms with van der Waals surface area (Å²) in [5.41, 5.74) is 2.19. The zero-order valence-corrected chi connectivity index (χ0v) is 15.5. The van der Waals surface area contributed by atoms with E-state index in [2.05, 4.69) is 10.6 Å². The largest absolute Gasteiger partial charge is 0.377 e. The Kier molecular flexibility index (Phi) is 5.59. The number of carbonyl (C=O) groups is 2. The van der Waals surface area contributed by atoms with Crippen molar-refractivity contribution >= 4 is 29.0 Å². The van der Waals surface area contributed by atoms with Crippen LogP contribution in [-0.2, 0) is 0 Å². The molecule has 3 rings (SSSR count). The van der Waals surface area contributed by atoms with Gasteiger partial charge in [0.2, 0.25) is 0 Å². The van der Waals surface area contributed by atoms with E-state index in [1.54, 1.807) is 24.3 Å². The number of anilines is 3. The van der Waals surface area contributed by atoms with Gasteiger partial charge in [-0.25, -0.2) is 9.18 Å². The molecule has 7 heteroatoms. The Bertz CT molecular complexity index is 848. The third kappa shape index (κ3) is 4.55. The Balaban J connectivity index is 1.78. The topological polar surface area (TPSA) is 64.7 Å². The van der Waals surface area contributed by atoms with Crippen LogP contribution >= 0.6 is 0 Å². The van der Waals surface area contributed by atoms with Crippen molar-refractivity contribution in [3.63, 3.8) is 0 Å². The molecule has 0 radical (unpaired) electrons. The molecule has 0 unspecified atom stereocenters. The van der Waals surface area contributed by atoms with Crippen LogP contribution in [0.2, 0.25) is 0 Å². The van der Waals surface area contributed by atoms with E-state index in [-0.39, 0.29) is 5.91 Å². The van der Waals surface area contributed by atoms with E-state index in [9.17, 15) is 14.0 Å². The van der Waals surface area contributed by atoms with Gasteiger partial charge in [0, 0.05) is 44.2 Å². The van der Waals surface area contributed by atoms with Crippen LogP contribution in [0.25, 0.3) is 0 Å². The van der Waals surface area contributed by atoms with Crippen molar-refractivity contribution in [1.29, 1.82) is 0 Å². The standard InChI is InChI=1S/C20H23FN4O2/c1-24(2)18-9-8-16(13-17(18)19(26)25-10-3-4-11-25)23-20(27)22-15-7-5-6-14(21)12-15/h5-9,12-13H,3-4,10-11H2,1-2H3,(H2,22,23,27). The monoisotopic (exact) mass is 370 g/mol. The number of carbonyl (C=O) groups excluding carboxylic acids is 2. The highest BCUT2D eigenvalue weighted by Crippen LogP contribution is 2.26. The van der Waals surface area contributed by atoms with Crippen molar-refractivity contribution in [2.45, 2.75) is 12.8 Å². The average molecular weight is 370 g/mol. The molecule has 0 spiro atoms. The first-order valence-corrected chi connectivity index (χ1v) is 8.88. The van der Waals surface area contributed by atoms with E-state index >= 15 is 0 Å². The van der Waals surface area contributed by atoms with Gasteiger partial charge in [0.15, 0.2) is 0 Å². The molecule has 1 heterocycles. The number of rotatable bonds is 4. The minimum absolute atomic E-state index is 0.0367. The molecule has 6 nitrogen and oxygen atoms in total. The van der Waals surface area contributed by atoms with E-state index < -0.39 is 11.8 Å². The summed E-state index contributed by atoms with van der Waals surface area (Å²) < 4.78 is 13.2. The van der Waals surface area contributed by atoms with Crippen LogP contribution in [0.4, 0.5) is 26.2 Å². The summed E-state index contributed by atoms with van der Waals surface area (Å²) in [6.45, 7) is 1.51. The Morgan fingerprint density at radius 1 is 1.00 bits per heavy atom. The van der Waals surface area contributed by atoms with Crippen LogP contribution < -0.4 is 15.5 Å². The maximum atomic E-state index is 13.2. The lowest BCUT2D eigenvalue weighted by molar-refractivity contribution is 0.0793. The van der Waals surface area contributed by atoms with Crippen LogP contribution in [0.15, 0.2) is 42.5 Å². The van der Waals surface area contributed by atoms with Gasteiger partial charge in [-0.1, -0.05) is 6.07 Å². The number of urea groups is 1. The summed E-state index contributed by atoms with van der Waals surface area (Å²) in [5.74, 6) is -0.466. The Morgan fingerprint density at radius 3 is 2.30 bits per heavy atom. The molecular weight excluding hydrogens is 347 g/mol. The molecule has 27 heavy (non-hydrogen) atoms. The molecule has 0 bridgehead atoms. The van der Waals surface area contributed by atoms with Crippen LogP contribution in [0.1, 0.15) is 23.2 Å². The molecule has 0 saturated carbocycles. The smallest absolute Gasteiger partial charge is 0.323 e. The van der Waals surface area contributed by atoms with Crippen molar-refractivity contribution in [2.75, 3.05) is 42.7 Å². The van der Waals surface area contributed by atoms with Gasteiger partial charge in [-0.15, -0.1) is 0 Å².